The molecule has 6 fully saturated rings. The third-order valence-electron chi connectivity index (χ3n) is 15.7. The zero-order valence-electron chi connectivity index (χ0n) is 39.3. The van der Waals surface area contributed by atoms with Crippen LogP contribution in [0.2, 0.25) is 0 Å². The van der Waals surface area contributed by atoms with Gasteiger partial charge in [-0.3, -0.25) is 19.8 Å². The van der Waals surface area contributed by atoms with E-state index in [4.69, 9.17) is 9.47 Å². The molecule has 3 aromatic heterocycles. The van der Waals surface area contributed by atoms with Gasteiger partial charge in [-0.1, -0.05) is 30.7 Å². The molecule has 11 rings (SSSR count). The van der Waals surface area contributed by atoms with Crippen LogP contribution < -0.4 is 19.7 Å². The van der Waals surface area contributed by atoms with Gasteiger partial charge in [-0.25, -0.2) is 31.7 Å². The molecule has 4 aliphatic heterocycles. The summed E-state index contributed by atoms with van der Waals surface area (Å²) in [6.07, 6.45) is 17.8. The summed E-state index contributed by atoms with van der Waals surface area (Å²) in [6.45, 7) is 3.32. The number of nitro groups is 1. The number of piperidine rings is 1. The van der Waals surface area contributed by atoms with Gasteiger partial charge in [0.1, 0.15) is 22.0 Å². The van der Waals surface area contributed by atoms with Crippen LogP contribution in [0.1, 0.15) is 117 Å². The molecular weight excluding hydrogens is 931 g/mol. The molecule has 0 radical (unpaired) electrons. The molecule has 3 atom stereocenters. The van der Waals surface area contributed by atoms with Crippen molar-refractivity contribution in [3.63, 3.8) is 0 Å². The molecular formula is C51H61N9O8S2. The minimum Gasteiger partial charge on any atom is -0.455 e. The topological polar surface area (TPSA) is 214 Å². The fourth-order valence-electron chi connectivity index (χ4n) is 11.7. The molecule has 6 aliphatic rings. The molecule has 17 nitrogen and oxygen atoms in total. The zero-order valence-corrected chi connectivity index (χ0v) is 40.9. The minimum atomic E-state index is -4.66. The Morgan fingerprint density at radius 3 is 2.50 bits per heavy atom. The van der Waals surface area contributed by atoms with Crippen molar-refractivity contribution in [2.24, 2.45) is 9.78 Å². The highest BCUT2D eigenvalue weighted by Crippen LogP contribution is 2.55. The number of aromatic nitrogens is 3. The number of ether oxygens (including phenoxy) is 2. The number of hydrogen-bond donors (Lipinski definition) is 3. The van der Waals surface area contributed by atoms with Crippen LogP contribution in [-0.4, -0.2) is 106 Å². The van der Waals surface area contributed by atoms with Gasteiger partial charge in [0.15, 0.2) is 0 Å². The van der Waals surface area contributed by atoms with E-state index in [1.165, 1.54) is 44.7 Å². The number of fused-ring (bicyclic) bond motifs is 1. The number of nitrogens with one attached hydrogen (secondary N) is 3. The molecule has 2 saturated carbocycles. The van der Waals surface area contributed by atoms with Crippen molar-refractivity contribution in [2.45, 2.75) is 119 Å². The first-order valence-corrected chi connectivity index (χ1v) is 28.4. The number of amides is 1. The predicted octanol–water partition coefficient (Wildman–Crippen LogP) is 8.85. The molecule has 2 aliphatic carbocycles. The van der Waals surface area contributed by atoms with Crippen molar-refractivity contribution in [3.8, 4) is 11.5 Å². The van der Waals surface area contributed by atoms with E-state index in [-0.39, 0.29) is 35.8 Å². The minimum absolute atomic E-state index is 0.0472. The van der Waals surface area contributed by atoms with Gasteiger partial charge in [0.2, 0.25) is 5.82 Å². The van der Waals surface area contributed by atoms with Crippen LogP contribution in [0.15, 0.2) is 88.5 Å². The molecule has 370 valence electrons. The Hall–Kier alpha value is -5.63. The molecule has 70 heavy (non-hydrogen) atoms. The number of aromatic amines is 1. The second-order valence-electron chi connectivity index (χ2n) is 20.4. The number of carbonyl (C=O) groups excluding carboxylic acids is 1. The quantitative estimate of drug-likeness (QED) is 0.0701. The monoisotopic (exact) mass is 991 g/mol. The summed E-state index contributed by atoms with van der Waals surface area (Å²) in [6, 6.07) is 19.8. The van der Waals surface area contributed by atoms with E-state index in [0.717, 1.165) is 81.0 Å². The smallest absolute Gasteiger partial charge is 0.312 e. The number of anilines is 2. The summed E-state index contributed by atoms with van der Waals surface area (Å²) < 4.78 is 59.8. The summed E-state index contributed by atoms with van der Waals surface area (Å²) in [4.78, 5) is 41.8. The fourth-order valence-corrected chi connectivity index (χ4v) is 15.1. The molecule has 4 saturated heterocycles. The standard InChI is InChI=1S/C51H61N9O8S2/c61-50(57-70(65,66)41-27-46(60(62)63)49(55-32-41)54-30-39-14-12-36(33-67-39)56-69(64)23-4-1-5-24-69)44-15-13-37(26-47(44)68-40-25-35-16-19-52-48(35)53-31-40)58-21-17-51(18-22-58)28-38(29-51)59-20-6-9-45(59)43-8-3-2-7-42(43)34-10-11-34/h2-3,7-8,13,15-16,19,25-27,31-32,34,36,38-39,45H,1,4-6,9-12,14,17-18,20-24,28-30,33H2,(H,52,53)(H,54,55)(H,57,61)/t36-,39+,45-/m1/s1. The average Bonchev–Trinajstić information content (AvgIpc) is 3.90. The number of sulfonamides is 1. The number of nitrogens with zero attached hydrogens (tertiary/aromatic N) is 6. The Labute approximate surface area is 408 Å². The summed E-state index contributed by atoms with van der Waals surface area (Å²) in [5.41, 5.74) is 4.31. The van der Waals surface area contributed by atoms with Gasteiger partial charge in [0.25, 0.3) is 15.9 Å². The highest BCUT2D eigenvalue weighted by molar-refractivity contribution is 7.93. The first kappa shape index (κ1) is 46.7. The molecule has 2 aromatic carbocycles. The lowest BCUT2D eigenvalue weighted by Gasteiger charge is -2.56. The van der Waals surface area contributed by atoms with E-state index in [1.54, 1.807) is 35.5 Å². The van der Waals surface area contributed by atoms with Crippen LogP contribution in [0.5, 0.6) is 11.5 Å². The maximum absolute atomic E-state index is 14.0. The Morgan fingerprint density at radius 2 is 1.74 bits per heavy atom. The summed E-state index contributed by atoms with van der Waals surface area (Å²) >= 11 is 0. The first-order valence-electron chi connectivity index (χ1n) is 25.0. The third kappa shape index (κ3) is 9.86. The summed E-state index contributed by atoms with van der Waals surface area (Å²) in [7, 11) is -6.86. The van der Waals surface area contributed by atoms with E-state index in [9.17, 15) is 27.5 Å². The van der Waals surface area contributed by atoms with E-state index >= 15 is 0 Å². The van der Waals surface area contributed by atoms with Crippen molar-refractivity contribution < 1.29 is 31.8 Å². The van der Waals surface area contributed by atoms with Crippen LogP contribution in [0.25, 0.3) is 11.0 Å². The average molecular weight is 992 g/mol. The molecule has 19 heteroatoms. The largest absolute Gasteiger partial charge is 0.455 e. The Balaban J connectivity index is 0.755. The number of likely N-dealkylation sites (tertiary alicyclic amines) is 1. The highest BCUT2D eigenvalue weighted by atomic mass is 32.2. The summed E-state index contributed by atoms with van der Waals surface area (Å²) in [5.74, 6) is 1.36. The van der Waals surface area contributed by atoms with Gasteiger partial charge in [0, 0.05) is 82.4 Å². The lowest BCUT2D eigenvalue weighted by molar-refractivity contribution is -0.384. The van der Waals surface area contributed by atoms with Gasteiger partial charge < -0.3 is 24.7 Å². The van der Waals surface area contributed by atoms with Crippen molar-refractivity contribution in [1.82, 2.24) is 24.6 Å². The van der Waals surface area contributed by atoms with Crippen LogP contribution in [0.4, 0.5) is 17.2 Å². The van der Waals surface area contributed by atoms with Crippen molar-refractivity contribution in [3.05, 3.63) is 106 Å². The Kier molecular flexibility index (Phi) is 12.8. The molecule has 3 N–H and O–H groups in total. The molecule has 7 heterocycles. The molecule has 1 amide bonds. The van der Waals surface area contributed by atoms with Gasteiger partial charge in [-0.2, -0.15) is 0 Å². The number of hydrogen-bond acceptors (Lipinski definition) is 14. The van der Waals surface area contributed by atoms with Crippen LogP contribution in [0, 0.1) is 15.5 Å². The lowest BCUT2D eigenvalue weighted by atomic mass is 9.59. The Morgan fingerprint density at radius 1 is 0.943 bits per heavy atom. The predicted molar refractivity (Wildman–Crippen MR) is 268 cm³/mol. The second kappa shape index (κ2) is 19.2. The third-order valence-corrected chi connectivity index (χ3v) is 19.5. The number of H-pyrrole nitrogens is 1. The van der Waals surface area contributed by atoms with Crippen molar-refractivity contribution in [2.75, 3.05) is 54.5 Å². The maximum atomic E-state index is 14.0. The fraction of sp³-hybridized carbons (Fsp3) is 0.510. The van der Waals surface area contributed by atoms with E-state index in [0.29, 0.717) is 59.8 Å². The zero-order chi connectivity index (χ0) is 48.0. The summed E-state index contributed by atoms with van der Waals surface area (Å²) in [5, 5.41) is 16.0. The van der Waals surface area contributed by atoms with E-state index in [2.05, 4.69) is 63.4 Å². The lowest BCUT2D eigenvalue weighted by Crippen LogP contribution is -2.54. The van der Waals surface area contributed by atoms with Gasteiger partial charge >= 0.3 is 5.69 Å². The molecule has 0 unspecified atom stereocenters. The van der Waals surface area contributed by atoms with Crippen molar-refractivity contribution >= 4 is 53.9 Å². The van der Waals surface area contributed by atoms with E-state index < -0.39 is 41.2 Å². The van der Waals surface area contributed by atoms with Gasteiger partial charge in [-0.15, -0.1) is 0 Å². The number of pyridine rings is 2. The van der Waals surface area contributed by atoms with Crippen molar-refractivity contribution in [1.29, 1.82) is 0 Å². The highest BCUT2D eigenvalue weighted by Gasteiger charge is 2.50. The number of rotatable bonds is 14. The van der Waals surface area contributed by atoms with Crippen LogP contribution in [0.3, 0.4) is 0 Å². The first-order chi connectivity index (χ1) is 33.9. The molecule has 0 bridgehead atoms. The van der Waals surface area contributed by atoms with Gasteiger partial charge in [0.05, 0.1) is 41.6 Å². The van der Waals surface area contributed by atoms with Crippen LogP contribution in [-0.2, 0) is 24.5 Å². The SMILES string of the molecule is O=C(NS(=O)(=O)c1cnc(NC[C@@H]2CC[C@@H](N=S3(=O)CCCCC3)CO2)c([N+](=O)[O-])c1)c1ccc(N2CCC3(CC2)CC(N2CCC[C@@H]2c2ccccc2C2CC2)C3)cc1Oc1cnc2[nH]ccc2c1. The number of carbonyl (C=O) groups is 1. The maximum Gasteiger partial charge on any atom is 0.312 e. The van der Waals surface area contributed by atoms with Crippen LogP contribution >= 0.6 is 0 Å². The Bertz CT molecular complexity index is 3010. The second-order valence-corrected chi connectivity index (χ2v) is 24.6. The van der Waals surface area contributed by atoms with Gasteiger partial charge in [-0.05, 0) is 130 Å². The van der Waals surface area contributed by atoms with E-state index in [1.807, 2.05) is 12.1 Å². The normalized spacial score (nSPS) is 23.7. The molecule has 1 spiro atoms. The number of benzene rings is 2. The molecule has 5 aromatic rings.